The number of hydrogen-bond donors (Lipinski definition) is 2. The van der Waals surface area contributed by atoms with Gasteiger partial charge in [0.2, 0.25) is 0 Å². The molecule has 0 bridgehead atoms. The molecule has 1 aromatic carbocycles. The molecule has 1 aromatic rings. The summed E-state index contributed by atoms with van der Waals surface area (Å²) < 4.78 is 0. The van der Waals surface area contributed by atoms with Gasteiger partial charge in [0.15, 0.2) is 11.1 Å². The molecule has 2 rings (SSSR count). The fourth-order valence-corrected chi connectivity index (χ4v) is 2.61. The summed E-state index contributed by atoms with van der Waals surface area (Å²) in [7, 11) is 0. The van der Waals surface area contributed by atoms with Crippen molar-refractivity contribution in [2.75, 3.05) is 0 Å². The Hall–Kier alpha value is -1.53. The lowest BCUT2D eigenvalue weighted by molar-refractivity contribution is -0.117. The van der Waals surface area contributed by atoms with E-state index in [-0.39, 0.29) is 17.1 Å². The maximum absolute atomic E-state index is 11.7. The number of hydrogen-bond acceptors (Lipinski definition) is 3. The molecule has 0 saturated carbocycles. The number of nitrogens with zero attached hydrogens (tertiary/aromatic N) is 2. The highest BCUT2D eigenvalue weighted by molar-refractivity contribution is 8.15. The maximum Gasteiger partial charge on any atom is 0.262 e. The van der Waals surface area contributed by atoms with E-state index < -0.39 is 0 Å². The molecule has 1 amide bonds. The van der Waals surface area contributed by atoms with Crippen LogP contribution >= 0.6 is 23.4 Å². The number of carbonyl (C=O) groups is 1. The zero-order valence-corrected chi connectivity index (χ0v) is 10.9. The summed E-state index contributed by atoms with van der Waals surface area (Å²) in [6, 6.07) is 7.35. The Morgan fingerprint density at radius 1 is 1.39 bits per heavy atom. The molecule has 0 spiro atoms. The van der Waals surface area contributed by atoms with Crippen molar-refractivity contribution < 1.29 is 4.79 Å². The molecule has 1 heterocycles. The Balaban J connectivity index is 2.03. The number of thioether (sulfide) groups is 1. The summed E-state index contributed by atoms with van der Waals surface area (Å²) in [6.07, 6.45) is 0.577. The fourth-order valence-electron chi connectivity index (χ4n) is 1.50. The summed E-state index contributed by atoms with van der Waals surface area (Å²) in [6.45, 7) is 0. The lowest BCUT2D eigenvalue weighted by Crippen LogP contribution is -2.23. The first-order valence-corrected chi connectivity index (χ1v) is 6.43. The number of nitrogens with two attached hydrogens (primary N) is 2. The fraction of sp³-hybridized carbons (Fsp3) is 0.182. The van der Waals surface area contributed by atoms with Crippen LogP contribution in [0.5, 0.6) is 0 Å². The van der Waals surface area contributed by atoms with Crippen LogP contribution in [0.3, 0.4) is 0 Å². The van der Waals surface area contributed by atoms with Crippen LogP contribution in [0.2, 0.25) is 5.02 Å². The highest BCUT2D eigenvalue weighted by Gasteiger charge is 2.28. The molecular formula is C11H11ClN4OS. The molecule has 0 aliphatic carbocycles. The number of aliphatic imine (C=N–C) groups is 2. The third-order valence-electron chi connectivity index (χ3n) is 2.29. The first-order valence-electron chi connectivity index (χ1n) is 5.18. The van der Waals surface area contributed by atoms with Crippen LogP contribution in [0.4, 0.5) is 0 Å². The van der Waals surface area contributed by atoms with Gasteiger partial charge in [-0.1, -0.05) is 35.5 Å². The SMILES string of the molecule is NC(N)=NC1=NC(=O)C(Cc2ccc(Cl)cc2)S1. The van der Waals surface area contributed by atoms with E-state index >= 15 is 0 Å². The van der Waals surface area contributed by atoms with Crippen molar-refractivity contribution >= 4 is 40.4 Å². The third kappa shape index (κ3) is 3.24. The van der Waals surface area contributed by atoms with Crippen LogP contribution in [0, 0.1) is 0 Å². The molecule has 0 radical (unpaired) electrons. The van der Waals surface area contributed by atoms with Gasteiger partial charge in [-0.05, 0) is 24.1 Å². The largest absolute Gasteiger partial charge is 0.370 e. The molecule has 0 fully saturated rings. The molecule has 1 aliphatic heterocycles. The van der Waals surface area contributed by atoms with Gasteiger partial charge in [-0.25, -0.2) is 0 Å². The first kappa shape index (κ1) is 12.9. The normalized spacial score (nSPS) is 18.6. The van der Waals surface area contributed by atoms with Crippen LogP contribution in [-0.2, 0) is 11.2 Å². The van der Waals surface area contributed by atoms with Crippen molar-refractivity contribution in [3.05, 3.63) is 34.9 Å². The summed E-state index contributed by atoms with van der Waals surface area (Å²) in [5.74, 6) is -0.309. The summed E-state index contributed by atoms with van der Waals surface area (Å²) in [5.41, 5.74) is 11.5. The zero-order chi connectivity index (χ0) is 13.1. The average Bonchev–Trinajstić information content (AvgIpc) is 2.61. The monoisotopic (exact) mass is 282 g/mol. The molecule has 0 aromatic heterocycles. The molecule has 7 heteroatoms. The van der Waals surface area contributed by atoms with E-state index in [1.807, 2.05) is 12.1 Å². The van der Waals surface area contributed by atoms with Crippen molar-refractivity contribution in [1.29, 1.82) is 0 Å². The molecular weight excluding hydrogens is 272 g/mol. The number of rotatable bonds is 2. The Kier molecular flexibility index (Phi) is 3.88. The van der Waals surface area contributed by atoms with Crippen LogP contribution in [0.15, 0.2) is 34.3 Å². The minimum Gasteiger partial charge on any atom is -0.370 e. The van der Waals surface area contributed by atoms with E-state index in [0.29, 0.717) is 16.6 Å². The predicted octanol–water partition coefficient (Wildman–Crippen LogP) is 1.15. The number of benzene rings is 1. The molecule has 1 unspecified atom stereocenters. The highest BCUT2D eigenvalue weighted by atomic mass is 35.5. The molecule has 94 valence electrons. The quantitative estimate of drug-likeness (QED) is 0.628. The average molecular weight is 283 g/mol. The van der Waals surface area contributed by atoms with Gasteiger partial charge in [-0.3, -0.25) is 4.79 Å². The van der Waals surface area contributed by atoms with Crippen molar-refractivity contribution in [3.8, 4) is 0 Å². The first-order chi connectivity index (χ1) is 8.54. The van der Waals surface area contributed by atoms with E-state index in [4.69, 9.17) is 23.1 Å². The van der Waals surface area contributed by atoms with Gasteiger partial charge in [0.1, 0.15) is 0 Å². The van der Waals surface area contributed by atoms with E-state index in [1.54, 1.807) is 12.1 Å². The number of guanidine groups is 1. The van der Waals surface area contributed by atoms with E-state index in [9.17, 15) is 4.79 Å². The van der Waals surface area contributed by atoms with Gasteiger partial charge in [-0.2, -0.15) is 9.98 Å². The van der Waals surface area contributed by atoms with Crippen LogP contribution < -0.4 is 11.5 Å². The molecule has 4 N–H and O–H groups in total. The number of amidine groups is 1. The second-order valence-electron chi connectivity index (χ2n) is 3.71. The minimum absolute atomic E-state index is 0.0961. The van der Waals surface area contributed by atoms with Gasteiger partial charge < -0.3 is 11.5 Å². The number of carbonyl (C=O) groups excluding carboxylic acids is 1. The van der Waals surface area contributed by atoms with E-state index in [0.717, 1.165) is 5.56 Å². The van der Waals surface area contributed by atoms with Crippen molar-refractivity contribution in [1.82, 2.24) is 0 Å². The lowest BCUT2D eigenvalue weighted by atomic mass is 10.1. The van der Waals surface area contributed by atoms with Crippen LogP contribution in [-0.4, -0.2) is 22.3 Å². The second-order valence-corrected chi connectivity index (χ2v) is 5.31. The third-order valence-corrected chi connectivity index (χ3v) is 3.59. The second kappa shape index (κ2) is 5.41. The standard InChI is InChI=1S/C11H11ClN4OS/c12-7-3-1-6(2-4-7)5-8-9(17)15-11(18-8)16-10(13)14/h1-4,8H,5H2,(H4,13,14,15,16,17). The predicted molar refractivity (Wildman–Crippen MR) is 74.8 cm³/mol. The Morgan fingerprint density at radius 3 is 2.67 bits per heavy atom. The molecule has 18 heavy (non-hydrogen) atoms. The number of amides is 1. The molecule has 0 saturated heterocycles. The van der Waals surface area contributed by atoms with E-state index in [2.05, 4.69) is 9.98 Å². The van der Waals surface area contributed by atoms with Crippen LogP contribution in [0.1, 0.15) is 5.56 Å². The van der Waals surface area contributed by atoms with Crippen molar-refractivity contribution in [2.45, 2.75) is 11.7 Å². The van der Waals surface area contributed by atoms with Gasteiger partial charge in [-0.15, -0.1) is 0 Å². The van der Waals surface area contributed by atoms with Gasteiger partial charge in [0, 0.05) is 5.02 Å². The van der Waals surface area contributed by atoms with E-state index in [1.165, 1.54) is 11.8 Å². The Labute approximate surface area is 113 Å². The number of halogens is 1. The zero-order valence-electron chi connectivity index (χ0n) is 9.34. The van der Waals surface area contributed by atoms with Gasteiger partial charge in [0.05, 0.1) is 5.25 Å². The van der Waals surface area contributed by atoms with Crippen molar-refractivity contribution in [2.24, 2.45) is 21.5 Å². The molecule has 5 nitrogen and oxygen atoms in total. The summed E-state index contributed by atoms with van der Waals surface area (Å²) in [4.78, 5) is 19.2. The van der Waals surface area contributed by atoms with Gasteiger partial charge >= 0.3 is 0 Å². The summed E-state index contributed by atoms with van der Waals surface area (Å²) >= 11 is 7.06. The van der Waals surface area contributed by atoms with Crippen molar-refractivity contribution in [3.63, 3.8) is 0 Å². The van der Waals surface area contributed by atoms with Gasteiger partial charge in [0.25, 0.3) is 5.91 Å². The lowest BCUT2D eigenvalue weighted by Gasteiger charge is -2.06. The smallest absolute Gasteiger partial charge is 0.262 e. The topological polar surface area (TPSA) is 93.8 Å². The summed E-state index contributed by atoms with van der Waals surface area (Å²) in [5, 5.41) is 0.713. The van der Waals surface area contributed by atoms with Crippen LogP contribution in [0.25, 0.3) is 0 Å². The molecule has 1 aliphatic rings. The highest BCUT2D eigenvalue weighted by Crippen LogP contribution is 2.26. The molecule has 1 atom stereocenters. The maximum atomic E-state index is 11.7. The Bertz CT molecular complexity index is 522. The minimum atomic E-state index is -0.274. The Morgan fingerprint density at radius 2 is 2.06 bits per heavy atom.